The van der Waals surface area contributed by atoms with E-state index >= 15 is 0 Å². The Labute approximate surface area is 157 Å². The first kappa shape index (κ1) is 18.2. The molecular formula is C22H22O3S. The van der Waals surface area contributed by atoms with Crippen LogP contribution in [-0.2, 0) is 13.0 Å². The number of aryl methyl sites for hydroxylation is 3. The molecule has 1 aromatic carbocycles. The Balaban J connectivity index is 1.58. The van der Waals surface area contributed by atoms with Crippen LogP contribution in [-0.4, -0.2) is 5.78 Å². The molecule has 3 aromatic rings. The molecule has 0 saturated heterocycles. The van der Waals surface area contributed by atoms with Crippen LogP contribution in [0.4, 0.5) is 0 Å². The summed E-state index contributed by atoms with van der Waals surface area (Å²) < 4.78 is 11.4. The molecule has 4 heteroatoms. The number of allylic oxidation sites excluding steroid dienone is 1. The maximum Gasteiger partial charge on any atom is 0.187 e. The summed E-state index contributed by atoms with van der Waals surface area (Å²) in [6.07, 6.45) is 4.27. The van der Waals surface area contributed by atoms with Gasteiger partial charge in [0.1, 0.15) is 23.9 Å². The largest absolute Gasteiger partial charge is 0.486 e. The highest BCUT2D eigenvalue weighted by Gasteiger charge is 2.09. The molecule has 0 aliphatic carbocycles. The van der Waals surface area contributed by atoms with Crippen LogP contribution < -0.4 is 4.74 Å². The van der Waals surface area contributed by atoms with Crippen LogP contribution in [0.5, 0.6) is 5.75 Å². The predicted molar refractivity (Wildman–Crippen MR) is 106 cm³/mol. The molecule has 3 nitrogen and oxygen atoms in total. The summed E-state index contributed by atoms with van der Waals surface area (Å²) in [5.41, 5.74) is 2.04. The zero-order valence-electron chi connectivity index (χ0n) is 15.2. The summed E-state index contributed by atoms with van der Waals surface area (Å²) in [4.78, 5) is 14.5. The molecule has 0 saturated carbocycles. The molecule has 2 aromatic heterocycles. The SMILES string of the molecule is CCc1ccc(OCc2ccc(/C=C/C(=O)c3cc(C)sc3C)o2)cc1. The number of ketones is 1. The number of carbonyl (C=O) groups is 1. The van der Waals surface area contributed by atoms with Gasteiger partial charge in [-0.15, -0.1) is 11.3 Å². The third kappa shape index (κ3) is 4.52. The van der Waals surface area contributed by atoms with Gasteiger partial charge in [0.05, 0.1) is 0 Å². The van der Waals surface area contributed by atoms with Gasteiger partial charge < -0.3 is 9.15 Å². The van der Waals surface area contributed by atoms with Crippen LogP contribution in [0.15, 0.2) is 53.0 Å². The van der Waals surface area contributed by atoms with Gasteiger partial charge in [-0.1, -0.05) is 19.1 Å². The average molecular weight is 366 g/mol. The van der Waals surface area contributed by atoms with Crippen molar-refractivity contribution in [3.05, 3.63) is 80.9 Å². The zero-order valence-corrected chi connectivity index (χ0v) is 16.1. The lowest BCUT2D eigenvalue weighted by Gasteiger charge is -2.04. The number of benzene rings is 1. The van der Waals surface area contributed by atoms with E-state index < -0.39 is 0 Å². The fraction of sp³-hybridized carbons (Fsp3) is 0.227. The third-order valence-corrected chi connectivity index (χ3v) is 5.07. The Bertz CT molecular complexity index is 913. The number of carbonyl (C=O) groups excluding carboxylic acids is 1. The number of rotatable bonds is 7. The second kappa shape index (κ2) is 8.19. The summed E-state index contributed by atoms with van der Waals surface area (Å²) >= 11 is 1.64. The van der Waals surface area contributed by atoms with E-state index in [4.69, 9.17) is 9.15 Å². The summed E-state index contributed by atoms with van der Waals surface area (Å²) in [7, 11) is 0. The van der Waals surface area contributed by atoms with Crippen LogP contribution in [0, 0.1) is 13.8 Å². The molecule has 0 amide bonds. The number of ether oxygens (including phenoxy) is 1. The number of furan rings is 1. The zero-order chi connectivity index (χ0) is 18.5. The maximum atomic E-state index is 12.3. The van der Waals surface area contributed by atoms with Crippen LogP contribution in [0.1, 0.15) is 44.1 Å². The van der Waals surface area contributed by atoms with E-state index in [2.05, 4.69) is 19.1 Å². The molecule has 0 spiro atoms. The molecule has 26 heavy (non-hydrogen) atoms. The van der Waals surface area contributed by atoms with Gasteiger partial charge in [-0.25, -0.2) is 0 Å². The van der Waals surface area contributed by atoms with Gasteiger partial charge in [0, 0.05) is 15.3 Å². The van der Waals surface area contributed by atoms with Crippen LogP contribution in [0.25, 0.3) is 6.08 Å². The van der Waals surface area contributed by atoms with Crippen molar-refractivity contribution in [1.82, 2.24) is 0 Å². The summed E-state index contributed by atoms with van der Waals surface area (Å²) in [5.74, 6) is 2.17. The molecular weight excluding hydrogens is 344 g/mol. The lowest BCUT2D eigenvalue weighted by molar-refractivity contribution is 0.104. The van der Waals surface area contributed by atoms with E-state index in [-0.39, 0.29) is 5.78 Å². The van der Waals surface area contributed by atoms with Gasteiger partial charge in [0.15, 0.2) is 5.78 Å². The summed E-state index contributed by atoms with van der Waals surface area (Å²) in [6.45, 7) is 6.45. The van der Waals surface area contributed by atoms with Crippen molar-refractivity contribution in [3.63, 3.8) is 0 Å². The number of thiophene rings is 1. The third-order valence-electron chi connectivity index (χ3n) is 4.10. The Morgan fingerprint density at radius 3 is 2.58 bits per heavy atom. The molecule has 3 rings (SSSR count). The van der Waals surface area contributed by atoms with Crippen molar-refractivity contribution in [3.8, 4) is 5.75 Å². The Morgan fingerprint density at radius 2 is 1.92 bits per heavy atom. The number of hydrogen-bond donors (Lipinski definition) is 0. The van der Waals surface area contributed by atoms with Crippen molar-refractivity contribution in [1.29, 1.82) is 0 Å². The van der Waals surface area contributed by atoms with E-state index in [9.17, 15) is 4.79 Å². The summed E-state index contributed by atoms with van der Waals surface area (Å²) in [5, 5.41) is 0. The maximum absolute atomic E-state index is 12.3. The van der Waals surface area contributed by atoms with Gasteiger partial charge in [0.2, 0.25) is 0 Å². The van der Waals surface area contributed by atoms with E-state index in [0.717, 1.165) is 33.2 Å². The molecule has 0 aliphatic heterocycles. The van der Waals surface area contributed by atoms with Gasteiger partial charge in [0.25, 0.3) is 0 Å². The molecule has 2 heterocycles. The predicted octanol–water partition coefficient (Wildman–Crippen LogP) is 6.00. The van der Waals surface area contributed by atoms with Crippen LogP contribution in [0.2, 0.25) is 0 Å². The first-order valence-electron chi connectivity index (χ1n) is 8.65. The normalized spacial score (nSPS) is 11.2. The fourth-order valence-electron chi connectivity index (χ4n) is 2.66. The minimum absolute atomic E-state index is 0.00272. The molecule has 134 valence electrons. The second-order valence-electron chi connectivity index (χ2n) is 6.11. The highest BCUT2D eigenvalue weighted by Crippen LogP contribution is 2.22. The van der Waals surface area contributed by atoms with Gasteiger partial charge >= 0.3 is 0 Å². The van der Waals surface area contributed by atoms with Crippen molar-refractivity contribution < 1.29 is 13.9 Å². The Kier molecular flexibility index (Phi) is 5.74. The lowest BCUT2D eigenvalue weighted by atomic mass is 10.1. The molecule has 0 aliphatic rings. The van der Waals surface area contributed by atoms with Crippen molar-refractivity contribution in [2.75, 3.05) is 0 Å². The van der Waals surface area contributed by atoms with Crippen LogP contribution >= 0.6 is 11.3 Å². The first-order chi connectivity index (χ1) is 12.5. The number of hydrogen-bond acceptors (Lipinski definition) is 4. The summed E-state index contributed by atoms with van der Waals surface area (Å²) in [6, 6.07) is 13.7. The van der Waals surface area contributed by atoms with Gasteiger partial charge in [-0.05, 0) is 68.3 Å². The van der Waals surface area contributed by atoms with E-state index in [1.54, 1.807) is 23.5 Å². The molecule has 0 atom stereocenters. The quantitative estimate of drug-likeness (QED) is 0.380. The van der Waals surface area contributed by atoms with Gasteiger partial charge in [-0.2, -0.15) is 0 Å². The molecule has 0 fully saturated rings. The molecule has 0 radical (unpaired) electrons. The first-order valence-corrected chi connectivity index (χ1v) is 9.46. The fourth-order valence-corrected chi connectivity index (χ4v) is 3.59. The van der Waals surface area contributed by atoms with Crippen LogP contribution in [0.3, 0.4) is 0 Å². The Hall–Kier alpha value is -2.59. The van der Waals surface area contributed by atoms with E-state index in [0.29, 0.717) is 12.4 Å². The van der Waals surface area contributed by atoms with Crippen molar-refractivity contribution in [2.45, 2.75) is 33.8 Å². The standard InChI is InChI=1S/C22H22O3S/c1-4-17-5-7-18(8-6-17)24-14-20-10-9-19(25-20)11-12-22(23)21-13-15(2)26-16(21)3/h5-13H,4,14H2,1-3H3/b12-11+. The van der Waals surface area contributed by atoms with E-state index in [1.807, 2.05) is 44.2 Å². The highest BCUT2D eigenvalue weighted by atomic mass is 32.1. The monoisotopic (exact) mass is 366 g/mol. The van der Waals surface area contributed by atoms with E-state index in [1.165, 1.54) is 5.56 Å². The minimum atomic E-state index is -0.00272. The average Bonchev–Trinajstić information content (AvgIpc) is 3.24. The highest BCUT2D eigenvalue weighted by molar-refractivity contribution is 7.12. The second-order valence-corrected chi connectivity index (χ2v) is 7.58. The topological polar surface area (TPSA) is 39.4 Å². The minimum Gasteiger partial charge on any atom is -0.486 e. The molecule has 0 N–H and O–H groups in total. The molecule has 0 bridgehead atoms. The lowest BCUT2D eigenvalue weighted by Crippen LogP contribution is -1.94. The Morgan fingerprint density at radius 1 is 1.15 bits per heavy atom. The van der Waals surface area contributed by atoms with Gasteiger partial charge in [-0.3, -0.25) is 4.79 Å². The molecule has 0 unspecified atom stereocenters. The van der Waals surface area contributed by atoms with Crippen molar-refractivity contribution in [2.24, 2.45) is 0 Å². The van der Waals surface area contributed by atoms with Crippen molar-refractivity contribution >= 4 is 23.2 Å². The smallest absolute Gasteiger partial charge is 0.187 e.